The molecule has 2 aromatic carbocycles. The molecule has 1 aliphatic rings. The van der Waals surface area contributed by atoms with Gasteiger partial charge in [-0.15, -0.1) is 0 Å². The van der Waals surface area contributed by atoms with Gasteiger partial charge < -0.3 is 10.1 Å². The van der Waals surface area contributed by atoms with Crippen LogP contribution < -0.4 is 5.32 Å². The molecule has 27 heavy (non-hydrogen) atoms. The molecule has 1 amide bonds. The SMILES string of the molecule is Cc1cccc(NC(=O)c2cccc(S(=O)(=O)N3CCOCC3C)c2)c1C. The lowest BCUT2D eigenvalue weighted by Crippen LogP contribution is -2.46. The van der Waals surface area contributed by atoms with Crippen LogP contribution in [0.5, 0.6) is 0 Å². The number of ether oxygens (including phenoxy) is 1. The monoisotopic (exact) mass is 388 g/mol. The molecule has 1 N–H and O–H groups in total. The van der Waals surface area contributed by atoms with E-state index >= 15 is 0 Å². The van der Waals surface area contributed by atoms with Gasteiger partial charge in [-0.3, -0.25) is 4.79 Å². The van der Waals surface area contributed by atoms with Crippen molar-refractivity contribution in [2.75, 3.05) is 25.1 Å². The minimum Gasteiger partial charge on any atom is -0.378 e. The minimum atomic E-state index is -3.68. The highest BCUT2D eigenvalue weighted by atomic mass is 32.2. The van der Waals surface area contributed by atoms with Gasteiger partial charge in [0.25, 0.3) is 5.91 Å². The second-order valence-electron chi connectivity index (χ2n) is 6.77. The first-order valence-electron chi connectivity index (χ1n) is 8.88. The number of benzene rings is 2. The highest BCUT2D eigenvalue weighted by molar-refractivity contribution is 7.89. The minimum absolute atomic E-state index is 0.116. The van der Waals surface area contributed by atoms with Crippen LogP contribution in [0.25, 0.3) is 0 Å². The maximum atomic E-state index is 13.0. The van der Waals surface area contributed by atoms with E-state index in [1.54, 1.807) is 12.1 Å². The number of aryl methyl sites for hydroxylation is 1. The third-order valence-corrected chi connectivity index (χ3v) is 6.87. The van der Waals surface area contributed by atoms with Gasteiger partial charge in [0.15, 0.2) is 0 Å². The quantitative estimate of drug-likeness (QED) is 0.874. The lowest BCUT2D eigenvalue weighted by molar-refractivity contribution is 0.0393. The standard InChI is InChI=1S/C20H24N2O4S/c1-14-6-4-9-19(16(14)3)21-20(23)17-7-5-8-18(12-17)27(24,25)22-10-11-26-13-15(22)2/h4-9,12,15H,10-11,13H2,1-3H3,(H,21,23). The number of hydrogen-bond acceptors (Lipinski definition) is 4. The van der Waals surface area contributed by atoms with Gasteiger partial charge in [-0.05, 0) is 56.2 Å². The second kappa shape index (κ2) is 7.80. The van der Waals surface area contributed by atoms with Crippen molar-refractivity contribution < 1.29 is 17.9 Å². The Morgan fingerprint density at radius 2 is 1.93 bits per heavy atom. The molecule has 1 atom stereocenters. The number of hydrogen-bond donors (Lipinski definition) is 1. The number of carbonyl (C=O) groups is 1. The fraction of sp³-hybridized carbons (Fsp3) is 0.350. The van der Waals surface area contributed by atoms with Crippen LogP contribution in [-0.2, 0) is 14.8 Å². The molecule has 3 rings (SSSR count). The molecule has 0 spiro atoms. The van der Waals surface area contributed by atoms with Gasteiger partial charge in [-0.1, -0.05) is 18.2 Å². The Morgan fingerprint density at radius 1 is 1.19 bits per heavy atom. The summed E-state index contributed by atoms with van der Waals surface area (Å²) >= 11 is 0. The maximum absolute atomic E-state index is 13.0. The normalized spacial score (nSPS) is 18.3. The molecule has 0 bridgehead atoms. The van der Waals surface area contributed by atoms with Crippen LogP contribution in [0.15, 0.2) is 47.4 Å². The summed E-state index contributed by atoms with van der Waals surface area (Å²) in [7, 11) is -3.68. The predicted octanol–water partition coefficient (Wildman–Crippen LogP) is 2.97. The van der Waals surface area contributed by atoms with Crippen molar-refractivity contribution >= 4 is 21.6 Å². The maximum Gasteiger partial charge on any atom is 0.255 e. The van der Waals surface area contributed by atoms with Gasteiger partial charge in [0.05, 0.1) is 18.1 Å². The topological polar surface area (TPSA) is 75.7 Å². The zero-order valence-electron chi connectivity index (χ0n) is 15.7. The van der Waals surface area contributed by atoms with Crippen molar-refractivity contribution in [2.24, 2.45) is 0 Å². The molecule has 0 aliphatic carbocycles. The van der Waals surface area contributed by atoms with Gasteiger partial charge in [-0.25, -0.2) is 8.42 Å². The summed E-state index contributed by atoms with van der Waals surface area (Å²) < 4.78 is 32.7. The average molecular weight is 388 g/mol. The largest absolute Gasteiger partial charge is 0.378 e. The summed E-state index contributed by atoms with van der Waals surface area (Å²) in [5, 5.41) is 2.87. The van der Waals surface area contributed by atoms with Crippen molar-refractivity contribution in [3.05, 3.63) is 59.2 Å². The summed E-state index contributed by atoms with van der Waals surface area (Å²) in [6, 6.07) is 11.6. The fourth-order valence-electron chi connectivity index (χ4n) is 3.08. The van der Waals surface area contributed by atoms with E-state index in [-0.39, 0.29) is 16.8 Å². The van der Waals surface area contributed by atoms with Gasteiger partial charge >= 0.3 is 0 Å². The van der Waals surface area contributed by atoms with Gasteiger partial charge in [0.2, 0.25) is 10.0 Å². The number of rotatable bonds is 4. The molecule has 2 aromatic rings. The molecule has 0 aromatic heterocycles. The molecule has 1 heterocycles. The Morgan fingerprint density at radius 3 is 2.67 bits per heavy atom. The van der Waals surface area contributed by atoms with Crippen LogP contribution >= 0.6 is 0 Å². The summed E-state index contributed by atoms with van der Waals surface area (Å²) in [6.07, 6.45) is 0. The predicted molar refractivity (Wildman–Crippen MR) is 104 cm³/mol. The first-order chi connectivity index (χ1) is 12.8. The van der Waals surface area contributed by atoms with E-state index in [2.05, 4.69) is 5.32 Å². The first kappa shape index (κ1) is 19.5. The first-order valence-corrected chi connectivity index (χ1v) is 10.3. The number of morpholine rings is 1. The number of nitrogens with zero attached hydrogens (tertiary/aromatic N) is 1. The van der Waals surface area contributed by atoms with E-state index in [1.807, 2.05) is 39.0 Å². The second-order valence-corrected chi connectivity index (χ2v) is 8.66. The molecule has 0 saturated carbocycles. The van der Waals surface area contributed by atoms with E-state index in [1.165, 1.54) is 16.4 Å². The van der Waals surface area contributed by atoms with E-state index < -0.39 is 10.0 Å². The highest BCUT2D eigenvalue weighted by Crippen LogP contribution is 2.23. The molecular weight excluding hydrogens is 364 g/mol. The number of amides is 1. The van der Waals surface area contributed by atoms with Crippen LogP contribution in [0.2, 0.25) is 0 Å². The lowest BCUT2D eigenvalue weighted by atomic mass is 10.1. The van der Waals surface area contributed by atoms with Crippen molar-refractivity contribution in [1.29, 1.82) is 0 Å². The third kappa shape index (κ3) is 4.05. The molecule has 1 aliphatic heterocycles. The van der Waals surface area contributed by atoms with Crippen LogP contribution in [-0.4, -0.2) is 44.4 Å². The van der Waals surface area contributed by atoms with Gasteiger partial charge in [0.1, 0.15) is 0 Å². The van der Waals surface area contributed by atoms with Gasteiger partial charge in [0, 0.05) is 23.8 Å². The molecule has 6 nitrogen and oxygen atoms in total. The van der Waals surface area contributed by atoms with Crippen molar-refractivity contribution in [1.82, 2.24) is 4.31 Å². The van der Waals surface area contributed by atoms with E-state index in [0.717, 1.165) is 16.8 Å². The number of carbonyl (C=O) groups excluding carboxylic acids is 1. The Hall–Kier alpha value is -2.22. The summed E-state index contributed by atoms with van der Waals surface area (Å²) in [6.45, 7) is 6.77. The molecule has 1 fully saturated rings. The Labute approximate surface area is 160 Å². The molecule has 144 valence electrons. The van der Waals surface area contributed by atoms with Gasteiger partial charge in [-0.2, -0.15) is 4.31 Å². The van der Waals surface area contributed by atoms with Crippen LogP contribution in [0.1, 0.15) is 28.4 Å². The zero-order chi connectivity index (χ0) is 19.6. The summed E-state index contributed by atoms with van der Waals surface area (Å²) in [5.41, 5.74) is 3.08. The highest BCUT2D eigenvalue weighted by Gasteiger charge is 2.31. The molecule has 1 unspecified atom stereocenters. The summed E-state index contributed by atoms with van der Waals surface area (Å²) in [5.74, 6) is -0.337. The Balaban J connectivity index is 1.86. The summed E-state index contributed by atoms with van der Waals surface area (Å²) in [4.78, 5) is 12.8. The Kier molecular flexibility index (Phi) is 5.64. The zero-order valence-corrected chi connectivity index (χ0v) is 16.5. The smallest absolute Gasteiger partial charge is 0.255 e. The molecule has 1 saturated heterocycles. The van der Waals surface area contributed by atoms with Crippen LogP contribution in [0, 0.1) is 13.8 Å². The fourth-order valence-corrected chi connectivity index (χ4v) is 4.73. The average Bonchev–Trinajstić information content (AvgIpc) is 2.65. The third-order valence-electron chi connectivity index (χ3n) is 4.86. The Bertz CT molecular complexity index is 956. The van der Waals surface area contributed by atoms with E-state index in [9.17, 15) is 13.2 Å². The number of sulfonamides is 1. The van der Waals surface area contributed by atoms with Crippen LogP contribution in [0.4, 0.5) is 5.69 Å². The molecule has 0 radical (unpaired) electrons. The van der Waals surface area contributed by atoms with E-state index in [4.69, 9.17) is 4.74 Å². The van der Waals surface area contributed by atoms with E-state index in [0.29, 0.717) is 25.3 Å². The van der Waals surface area contributed by atoms with Crippen molar-refractivity contribution in [2.45, 2.75) is 31.7 Å². The number of anilines is 1. The lowest BCUT2D eigenvalue weighted by Gasteiger charge is -2.32. The van der Waals surface area contributed by atoms with Crippen LogP contribution in [0.3, 0.4) is 0 Å². The molecular formula is C20H24N2O4S. The number of nitrogens with one attached hydrogen (secondary N) is 1. The van der Waals surface area contributed by atoms with Crippen molar-refractivity contribution in [3.8, 4) is 0 Å². The van der Waals surface area contributed by atoms with Crippen molar-refractivity contribution in [3.63, 3.8) is 0 Å². The molecule has 7 heteroatoms.